The molecule has 0 radical (unpaired) electrons. The molecule has 28 heteroatoms. The first-order valence-electron chi connectivity index (χ1n) is 19.6. The lowest BCUT2D eigenvalue weighted by Crippen LogP contribution is -2.69. The average molecular weight is 911 g/mol. The van der Waals surface area contributed by atoms with E-state index in [0.29, 0.717) is 0 Å². The van der Waals surface area contributed by atoms with Crippen molar-refractivity contribution in [1.29, 1.82) is 0 Å². The zero-order chi connectivity index (χ0) is 45.9. The van der Waals surface area contributed by atoms with Crippen molar-refractivity contribution in [1.82, 2.24) is 10.6 Å². The Morgan fingerprint density at radius 1 is 0.419 bits per heavy atom. The SMILES string of the molecule is CC(=O)N[C@H]1[C@H](OC[C@H]2OC(O)[C@H](NC(C)=O)[C@@H](O[C@@H]3O[C@H](CO)[C@H](O)[C@H](O)[C@H]3O)[C@H]2O)O[C@H](CO)[C@@H](O[C@@H]2O[C@H](CO)[C@H](O)[C@H](O[C@H]3O[C@H](CO)[C@H](O)[C@H](O)[C@H]3O)[C@H]2O)[C@@H]1O. The van der Waals surface area contributed by atoms with Gasteiger partial charge in [-0.2, -0.15) is 0 Å². The molecule has 17 N–H and O–H groups in total. The first-order chi connectivity index (χ1) is 29.3. The second kappa shape index (κ2) is 22.0. The fourth-order valence-corrected chi connectivity index (χ4v) is 7.73. The Morgan fingerprint density at radius 3 is 1.31 bits per heavy atom. The van der Waals surface area contributed by atoms with Gasteiger partial charge in [0, 0.05) is 13.8 Å². The zero-order valence-corrected chi connectivity index (χ0v) is 33.2. The molecular weight excluding hydrogens is 852 g/mol. The van der Waals surface area contributed by atoms with Crippen LogP contribution in [-0.2, 0) is 52.2 Å². The number of nitrogens with one attached hydrogen (secondary N) is 2. The first kappa shape index (κ1) is 51.0. The van der Waals surface area contributed by atoms with Crippen LogP contribution in [0.25, 0.3) is 0 Å². The Bertz CT molecular complexity index is 1440. The lowest BCUT2D eigenvalue weighted by atomic mass is 9.94. The van der Waals surface area contributed by atoms with E-state index < -0.39 is 198 Å². The minimum absolute atomic E-state index is 0.734. The Labute approximate surface area is 351 Å². The number of hydrogen-bond acceptors (Lipinski definition) is 26. The number of carbonyl (C=O) groups is 2. The van der Waals surface area contributed by atoms with Crippen LogP contribution in [0.15, 0.2) is 0 Å². The van der Waals surface area contributed by atoms with Crippen LogP contribution in [0.2, 0.25) is 0 Å². The Morgan fingerprint density at radius 2 is 0.823 bits per heavy atom. The number of carbonyl (C=O) groups excluding carboxylic acids is 2. The summed E-state index contributed by atoms with van der Waals surface area (Å²) < 4.78 is 50.5. The van der Waals surface area contributed by atoms with E-state index in [4.69, 9.17) is 42.6 Å². The van der Waals surface area contributed by atoms with Gasteiger partial charge in [0.15, 0.2) is 31.5 Å². The molecule has 0 saturated carbocycles. The standard InChI is InChI=1S/C34H58N2O26/c1-8(41)35-15-21(47)27(60-34-26(52)29(19(45)12(5-39)58-34)62-33-25(51)23(49)18(44)11(4-38)57-33)13(6-40)59-31(15)54-7-14-20(46)28(16(30(53)55-14)36-9(2)42)61-32-24(50)22(48)17(43)10(3-37)56-32/h10-34,37-40,43-53H,3-7H2,1-2H3,(H,35,41)(H,36,42)/t10-,11-,12-,13-,14-,15-,16-,17+,18+,19+,20+,21-,22+,23+,24-,25-,26-,27-,28-,29+,30?,31-,32+,33-,34+/m1/s1. The van der Waals surface area contributed by atoms with E-state index in [1.807, 2.05) is 0 Å². The van der Waals surface area contributed by atoms with E-state index in [-0.39, 0.29) is 0 Å². The molecule has 0 aliphatic carbocycles. The normalized spacial score (nSPS) is 49.0. The van der Waals surface area contributed by atoms with Gasteiger partial charge in [0.05, 0.1) is 33.0 Å². The molecule has 2 amide bonds. The van der Waals surface area contributed by atoms with Crippen molar-refractivity contribution in [3.05, 3.63) is 0 Å². The Kier molecular flexibility index (Phi) is 18.1. The number of amides is 2. The number of rotatable bonds is 15. The van der Waals surface area contributed by atoms with Crippen molar-refractivity contribution in [2.45, 2.75) is 167 Å². The monoisotopic (exact) mass is 910 g/mol. The molecule has 0 aromatic carbocycles. The summed E-state index contributed by atoms with van der Waals surface area (Å²) in [5.74, 6) is -1.50. The summed E-state index contributed by atoms with van der Waals surface area (Å²) in [6, 6.07) is -3.17. The van der Waals surface area contributed by atoms with Crippen molar-refractivity contribution in [3.63, 3.8) is 0 Å². The van der Waals surface area contributed by atoms with Crippen LogP contribution in [0.4, 0.5) is 0 Å². The number of hydrogen-bond donors (Lipinski definition) is 17. The van der Waals surface area contributed by atoms with Crippen molar-refractivity contribution in [3.8, 4) is 0 Å². The Balaban J connectivity index is 1.31. The molecule has 1 unspecified atom stereocenters. The van der Waals surface area contributed by atoms with Crippen LogP contribution in [0, 0.1) is 0 Å². The fraction of sp³-hybridized carbons (Fsp3) is 0.941. The topological polar surface area (TPSA) is 445 Å². The third kappa shape index (κ3) is 11.0. The molecule has 5 aliphatic heterocycles. The maximum absolute atomic E-state index is 12.4. The predicted molar refractivity (Wildman–Crippen MR) is 190 cm³/mol. The van der Waals surface area contributed by atoms with Crippen molar-refractivity contribution < 1.29 is 129 Å². The molecule has 5 rings (SSSR count). The predicted octanol–water partition coefficient (Wildman–Crippen LogP) is -11.6. The van der Waals surface area contributed by atoms with Gasteiger partial charge in [-0.15, -0.1) is 0 Å². The summed E-state index contributed by atoms with van der Waals surface area (Å²) in [5.41, 5.74) is 0. The number of ether oxygens (including phenoxy) is 9. The summed E-state index contributed by atoms with van der Waals surface area (Å²) in [7, 11) is 0. The van der Waals surface area contributed by atoms with Gasteiger partial charge < -0.3 is 130 Å². The minimum Gasteiger partial charge on any atom is -0.394 e. The van der Waals surface area contributed by atoms with Gasteiger partial charge in [-0.3, -0.25) is 9.59 Å². The first-order valence-corrected chi connectivity index (χ1v) is 19.6. The summed E-state index contributed by atoms with van der Waals surface area (Å²) in [6.45, 7) is -2.21. The molecule has 360 valence electrons. The van der Waals surface area contributed by atoms with Gasteiger partial charge in [0.1, 0.15) is 122 Å². The van der Waals surface area contributed by atoms with Crippen molar-refractivity contribution in [2.75, 3.05) is 33.0 Å². The van der Waals surface area contributed by atoms with Gasteiger partial charge in [-0.05, 0) is 0 Å². The van der Waals surface area contributed by atoms with Gasteiger partial charge in [-0.1, -0.05) is 0 Å². The molecule has 25 atom stereocenters. The quantitative estimate of drug-likeness (QED) is 0.0725. The summed E-state index contributed by atoms with van der Waals surface area (Å²) in [4.78, 5) is 24.4. The zero-order valence-electron chi connectivity index (χ0n) is 33.2. The second-order valence-corrected chi connectivity index (χ2v) is 15.5. The van der Waals surface area contributed by atoms with Crippen LogP contribution < -0.4 is 10.6 Å². The van der Waals surface area contributed by atoms with Crippen LogP contribution in [0.3, 0.4) is 0 Å². The van der Waals surface area contributed by atoms with E-state index in [0.717, 1.165) is 13.8 Å². The smallest absolute Gasteiger partial charge is 0.217 e. The maximum Gasteiger partial charge on any atom is 0.217 e. The summed E-state index contributed by atoms with van der Waals surface area (Å²) in [6.07, 6.45) is -41.5. The molecule has 5 fully saturated rings. The van der Waals surface area contributed by atoms with Crippen molar-refractivity contribution in [2.24, 2.45) is 0 Å². The molecule has 0 bridgehead atoms. The molecule has 5 saturated heterocycles. The molecule has 62 heavy (non-hydrogen) atoms. The average Bonchev–Trinajstić information content (AvgIpc) is 3.23. The third-order valence-electron chi connectivity index (χ3n) is 11.1. The van der Waals surface area contributed by atoms with Crippen LogP contribution in [-0.4, -0.2) is 275 Å². The molecule has 28 nitrogen and oxygen atoms in total. The van der Waals surface area contributed by atoms with Crippen LogP contribution in [0.1, 0.15) is 13.8 Å². The van der Waals surface area contributed by atoms with E-state index in [2.05, 4.69) is 10.6 Å². The Hall–Kier alpha value is -2.02. The van der Waals surface area contributed by atoms with Crippen LogP contribution >= 0.6 is 0 Å². The molecule has 0 aromatic heterocycles. The van der Waals surface area contributed by atoms with E-state index in [1.165, 1.54) is 0 Å². The highest BCUT2D eigenvalue weighted by Crippen LogP contribution is 2.34. The highest BCUT2D eigenvalue weighted by molar-refractivity contribution is 5.73. The summed E-state index contributed by atoms with van der Waals surface area (Å²) >= 11 is 0. The van der Waals surface area contributed by atoms with E-state index in [9.17, 15) is 86.2 Å². The molecule has 0 spiro atoms. The van der Waals surface area contributed by atoms with Gasteiger partial charge in [0.25, 0.3) is 0 Å². The largest absolute Gasteiger partial charge is 0.394 e. The van der Waals surface area contributed by atoms with Gasteiger partial charge in [-0.25, -0.2) is 0 Å². The number of aliphatic hydroxyl groups excluding tert-OH is 15. The highest BCUT2D eigenvalue weighted by atomic mass is 16.8. The van der Waals surface area contributed by atoms with E-state index >= 15 is 0 Å². The maximum atomic E-state index is 12.4. The molecule has 5 heterocycles. The van der Waals surface area contributed by atoms with Gasteiger partial charge in [0.2, 0.25) is 11.8 Å². The van der Waals surface area contributed by atoms with Crippen LogP contribution in [0.5, 0.6) is 0 Å². The second-order valence-electron chi connectivity index (χ2n) is 15.5. The molecule has 5 aliphatic rings. The van der Waals surface area contributed by atoms with Crippen molar-refractivity contribution >= 4 is 11.8 Å². The van der Waals surface area contributed by atoms with E-state index in [1.54, 1.807) is 0 Å². The highest BCUT2D eigenvalue weighted by Gasteiger charge is 2.56. The van der Waals surface area contributed by atoms with Gasteiger partial charge >= 0.3 is 0 Å². The summed E-state index contributed by atoms with van der Waals surface area (Å²) in [5, 5.41) is 162. The fourth-order valence-electron chi connectivity index (χ4n) is 7.73. The molecular formula is C34H58N2O26. The third-order valence-corrected chi connectivity index (χ3v) is 11.1. The number of aliphatic hydroxyl groups is 15. The lowest BCUT2D eigenvalue weighted by Gasteiger charge is -2.49. The minimum atomic E-state index is -2.07. The lowest BCUT2D eigenvalue weighted by molar-refractivity contribution is -0.377. The molecule has 0 aromatic rings.